The number of benzene rings is 1. The molecule has 1 aliphatic rings. The maximum absolute atomic E-state index is 12.2. The van der Waals surface area contributed by atoms with Crippen molar-refractivity contribution in [3.8, 4) is 0 Å². The number of hydrogen-bond donors (Lipinski definition) is 3. The molecule has 114 valence electrons. The molecule has 0 unspecified atom stereocenters. The molecule has 0 spiro atoms. The molecular formula is C16H23N3O2. The molecule has 1 aliphatic carbocycles. The summed E-state index contributed by atoms with van der Waals surface area (Å²) in [7, 11) is 0. The topological polar surface area (TPSA) is 84.2 Å². The summed E-state index contributed by atoms with van der Waals surface area (Å²) in [5.74, 6) is 0.00653. The first-order valence-corrected chi connectivity index (χ1v) is 7.49. The zero-order chi connectivity index (χ0) is 15.5. The molecule has 1 fully saturated rings. The number of carbonyl (C=O) groups excluding carboxylic acids is 2. The van der Waals surface area contributed by atoms with Crippen molar-refractivity contribution in [3.05, 3.63) is 24.3 Å². The highest BCUT2D eigenvalue weighted by molar-refractivity contribution is 5.99. The Morgan fingerprint density at radius 1 is 1.19 bits per heavy atom. The number of nitrogens with one attached hydrogen (secondary N) is 2. The highest BCUT2D eigenvalue weighted by atomic mass is 16.2. The van der Waals surface area contributed by atoms with Gasteiger partial charge in [0.25, 0.3) is 0 Å². The van der Waals surface area contributed by atoms with Gasteiger partial charge in [-0.15, -0.1) is 0 Å². The van der Waals surface area contributed by atoms with E-state index in [4.69, 9.17) is 5.73 Å². The zero-order valence-corrected chi connectivity index (χ0v) is 12.6. The minimum Gasteiger partial charge on any atom is -0.326 e. The summed E-state index contributed by atoms with van der Waals surface area (Å²) < 4.78 is 0. The molecule has 1 aromatic carbocycles. The molecule has 0 bridgehead atoms. The van der Waals surface area contributed by atoms with E-state index in [0.717, 1.165) is 12.8 Å². The van der Waals surface area contributed by atoms with Crippen molar-refractivity contribution in [2.24, 2.45) is 11.7 Å². The molecule has 0 atom stereocenters. The first-order valence-electron chi connectivity index (χ1n) is 7.49. The largest absolute Gasteiger partial charge is 0.326 e. The maximum Gasteiger partial charge on any atom is 0.244 e. The van der Waals surface area contributed by atoms with Gasteiger partial charge in [-0.2, -0.15) is 0 Å². The average Bonchev–Trinajstić information content (AvgIpc) is 3.31. The summed E-state index contributed by atoms with van der Waals surface area (Å²) in [6, 6.07) is 7.15. The number of rotatable bonds is 6. The first-order chi connectivity index (χ1) is 9.98. The normalized spacial score (nSPS) is 14.6. The minimum atomic E-state index is -0.854. The van der Waals surface area contributed by atoms with E-state index in [2.05, 4.69) is 10.6 Å². The summed E-state index contributed by atoms with van der Waals surface area (Å²) in [6.07, 6.45) is 3.08. The van der Waals surface area contributed by atoms with Crippen LogP contribution in [0.5, 0.6) is 0 Å². The monoisotopic (exact) mass is 289 g/mol. The quantitative estimate of drug-likeness (QED) is 0.752. The van der Waals surface area contributed by atoms with Crippen molar-refractivity contribution >= 4 is 23.2 Å². The van der Waals surface area contributed by atoms with E-state index in [0.29, 0.717) is 24.2 Å². The average molecular weight is 289 g/mol. The van der Waals surface area contributed by atoms with Gasteiger partial charge in [0.05, 0.1) is 5.54 Å². The van der Waals surface area contributed by atoms with Crippen LogP contribution < -0.4 is 16.4 Å². The standard InChI is InChI=1S/C16H23N3O2/c1-3-16(17,4-2)15(21)19-13-7-5-6-12(10-13)18-14(20)11-8-9-11/h5-7,10-11H,3-4,8-9,17H2,1-2H3,(H,18,20)(H,19,21). The summed E-state index contributed by atoms with van der Waals surface area (Å²) in [4.78, 5) is 24.0. The molecule has 21 heavy (non-hydrogen) atoms. The number of hydrogen-bond acceptors (Lipinski definition) is 3. The van der Waals surface area contributed by atoms with Gasteiger partial charge in [-0.1, -0.05) is 19.9 Å². The fourth-order valence-corrected chi connectivity index (χ4v) is 2.09. The number of nitrogens with two attached hydrogens (primary N) is 1. The SMILES string of the molecule is CCC(N)(CC)C(=O)Nc1cccc(NC(=O)C2CC2)c1. The van der Waals surface area contributed by atoms with E-state index in [1.165, 1.54) is 0 Å². The second kappa shape index (κ2) is 6.26. The third kappa shape index (κ3) is 3.82. The molecule has 4 N–H and O–H groups in total. The third-order valence-electron chi connectivity index (χ3n) is 4.05. The van der Waals surface area contributed by atoms with E-state index in [-0.39, 0.29) is 17.7 Å². The van der Waals surface area contributed by atoms with Crippen LogP contribution in [0.2, 0.25) is 0 Å². The van der Waals surface area contributed by atoms with Gasteiger partial charge in [-0.25, -0.2) is 0 Å². The highest BCUT2D eigenvalue weighted by Crippen LogP contribution is 2.30. The highest BCUT2D eigenvalue weighted by Gasteiger charge is 2.30. The van der Waals surface area contributed by atoms with Crippen molar-refractivity contribution in [3.63, 3.8) is 0 Å². The number of carbonyl (C=O) groups is 2. The molecule has 1 aromatic rings. The Bertz CT molecular complexity index is 534. The molecule has 0 saturated heterocycles. The Kier molecular flexibility index (Phi) is 4.63. The van der Waals surface area contributed by atoms with Crippen molar-refractivity contribution in [1.29, 1.82) is 0 Å². The molecule has 5 heteroatoms. The van der Waals surface area contributed by atoms with Crippen LogP contribution >= 0.6 is 0 Å². The van der Waals surface area contributed by atoms with E-state index < -0.39 is 5.54 Å². The zero-order valence-electron chi connectivity index (χ0n) is 12.6. The Balaban J connectivity index is 2.03. The van der Waals surface area contributed by atoms with Crippen LogP contribution in [-0.4, -0.2) is 17.4 Å². The van der Waals surface area contributed by atoms with Gasteiger partial charge in [-0.05, 0) is 43.9 Å². The van der Waals surface area contributed by atoms with E-state index >= 15 is 0 Å². The lowest BCUT2D eigenvalue weighted by atomic mass is 9.93. The van der Waals surface area contributed by atoms with Crippen molar-refractivity contribution in [2.75, 3.05) is 10.6 Å². The van der Waals surface area contributed by atoms with Gasteiger partial charge in [0.15, 0.2) is 0 Å². The predicted octanol–water partition coefficient (Wildman–Crippen LogP) is 2.49. The van der Waals surface area contributed by atoms with Crippen molar-refractivity contribution in [2.45, 2.75) is 45.1 Å². The summed E-state index contributed by atoms with van der Waals surface area (Å²) in [5.41, 5.74) is 6.56. The number of anilines is 2. The van der Waals surface area contributed by atoms with Gasteiger partial charge in [-0.3, -0.25) is 9.59 Å². The molecule has 1 saturated carbocycles. The Morgan fingerprint density at radius 2 is 1.76 bits per heavy atom. The third-order valence-corrected chi connectivity index (χ3v) is 4.05. The van der Waals surface area contributed by atoms with Crippen LogP contribution in [0.1, 0.15) is 39.5 Å². The Morgan fingerprint density at radius 3 is 2.29 bits per heavy atom. The van der Waals surface area contributed by atoms with E-state index in [1.54, 1.807) is 18.2 Å². The molecule has 0 radical (unpaired) electrons. The van der Waals surface area contributed by atoms with Crippen LogP contribution in [-0.2, 0) is 9.59 Å². The fraction of sp³-hybridized carbons (Fsp3) is 0.500. The molecule has 0 aromatic heterocycles. The smallest absolute Gasteiger partial charge is 0.244 e. The van der Waals surface area contributed by atoms with Gasteiger partial charge in [0.1, 0.15) is 0 Å². The lowest BCUT2D eigenvalue weighted by Crippen LogP contribution is -2.50. The number of amides is 2. The van der Waals surface area contributed by atoms with Crippen molar-refractivity contribution < 1.29 is 9.59 Å². The molecular weight excluding hydrogens is 266 g/mol. The molecule has 2 amide bonds. The van der Waals surface area contributed by atoms with E-state index in [1.807, 2.05) is 19.9 Å². The van der Waals surface area contributed by atoms with Crippen LogP contribution in [0.15, 0.2) is 24.3 Å². The lowest BCUT2D eigenvalue weighted by Gasteiger charge is -2.25. The molecule has 5 nitrogen and oxygen atoms in total. The van der Waals surface area contributed by atoms with Crippen LogP contribution in [0.25, 0.3) is 0 Å². The summed E-state index contributed by atoms with van der Waals surface area (Å²) in [5, 5.41) is 5.69. The first kappa shape index (κ1) is 15.5. The van der Waals surface area contributed by atoms with Gasteiger partial charge in [0.2, 0.25) is 11.8 Å². The van der Waals surface area contributed by atoms with Crippen LogP contribution in [0.3, 0.4) is 0 Å². The maximum atomic E-state index is 12.2. The minimum absolute atomic E-state index is 0.0498. The van der Waals surface area contributed by atoms with Gasteiger partial charge in [0, 0.05) is 17.3 Å². The van der Waals surface area contributed by atoms with Crippen LogP contribution in [0.4, 0.5) is 11.4 Å². The van der Waals surface area contributed by atoms with Crippen molar-refractivity contribution in [1.82, 2.24) is 0 Å². The molecule has 0 heterocycles. The van der Waals surface area contributed by atoms with Gasteiger partial charge < -0.3 is 16.4 Å². The predicted molar refractivity (Wildman–Crippen MR) is 83.9 cm³/mol. The fourth-order valence-electron chi connectivity index (χ4n) is 2.09. The molecule has 2 rings (SSSR count). The van der Waals surface area contributed by atoms with E-state index in [9.17, 15) is 9.59 Å². The Hall–Kier alpha value is -1.88. The second-order valence-corrected chi connectivity index (χ2v) is 5.66. The summed E-state index contributed by atoms with van der Waals surface area (Å²) >= 11 is 0. The lowest BCUT2D eigenvalue weighted by molar-refractivity contribution is -0.121. The second-order valence-electron chi connectivity index (χ2n) is 5.66. The van der Waals surface area contributed by atoms with Gasteiger partial charge >= 0.3 is 0 Å². The van der Waals surface area contributed by atoms with Crippen LogP contribution in [0, 0.1) is 5.92 Å². The Labute approximate surface area is 125 Å². The summed E-state index contributed by atoms with van der Waals surface area (Å²) in [6.45, 7) is 3.80. The molecule has 0 aliphatic heterocycles.